The monoisotopic (exact) mass is 571 g/mol. The lowest BCUT2D eigenvalue weighted by atomic mass is 10.0. The molecule has 2 rings (SSSR count). The molecule has 1 aromatic heterocycles. The predicted octanol–water partition coefficient (Wildman–Crippen LogP) is 0.985. The molecule has 218 valence electrons. The van der Waals surface area contributed by atoms with Crippen LogP contribution >= 0.6 is 0 Å². The first-order chi connectivity index (χ1) is 18.7. The van der Waals surface area contributed by atoms with Gasteiger partial charge in [-0.25, -0.2) is 23.6 Å². The van der Waals surface area contributed by atoms with Gasteiger partial charge in [0.1, 0.15) is 12.1 Å². The number of carbonyl (C=O) groups is 5. The lowest BCUT2D eigenvalue weighted by molar-refractivity contribution is -0.140. The molecular formula is C24H27F2N3O11. The third-order valence-electron chi connectivity index (χ3n) is 5.88. The molecule has 1 aromatic carbocycles. The van der Waals surface area contributed by atoms with Crippen LogP contribution < -0.4 is 21.6 Å². The predicted molar refractivity (Wildman–Crippen MR) is 131 cm³/mol. The van der Waals surface area contributed by atoms with Gasteiger partial charge in [0, 0.05) is 18.4 Å². The number of rotatable bonds is 14. The van der Waals surface area contributed by atoms with Crippen LogP contribution in [0.25, 0.3) is 11.0 Å². The number of aryl methyl sites for hydroxylation is 1. The summed E-state index contributed by atoms with van der Waals surface area (Å²) in [5.74, 6) is -8.83. The van der Waals surface area contributed by atoms with Crippen molar-refractivity contribution in [2.75, 3.05) is 6.54 Å². The van der Waals surface area contributed by atoms with E-state index in [1.54, 1.807) is 0 Å². The molecule has 2 atom stereocenters. The summed E-state index contributed by atoms with van der Waals surface area (Å²) in [6, 6.07) is -3.29. The SMILES string of the molecule is Cc1c(CC(=O)NCCCCC(NC(=O)NC(CCC(=O)O)C(=O)O)C(=O)O)c(=O)oc2c(F)c(O)c(F)cc12. The minimum atomic E-state index is -1.54. The van der Waals surface area contributed by atoms with Gasteiger partial charge < -0.3 is 40.8 Å². The number of carboxylic acid groups (broad SMARTS) is 3. The molecule has 0 saturated heterocycles. The maximum absolute atomic E-state index is 14.1. The van der Waals surface area contributed by atoms with Crippen molar-refractivity contribution in [2.24, 2.45) is 0 Å². The molecule has 7 N–H and O–H groups in total. The normalized spacial score (nSPS) is 12.4. The molecule has 14 nitrogen and oxygen atoms in total. The zero-order chi connectivity index (χ0) is 30.1. The maximum atomic E-state index is 14.1. The number of carbonyl (C=O) groups excluding carboxylic acids is 2. The fraction of sp³-hybridized carbons (Fsp3) is 0.417. The average Bonchev–Trinajstić information content (AvgIpc) is 2.87. The Morgan fingerprint density at radius 3 is 2.15 bits per heavy atom. The molecule has 2 unspecified atom stereocenters. The van der Waals surface area contributed by atoms with Crippen LogP contribution in [0.5, 0.6) is 5.75 Å². The smallest absolute Gasteiger partial charge is 0.340 e. The molecule has 3 amide bonds. The highest BCUT2D eigenvalue weighted by atomic mass is 19.1. The highest BCUT2D eigenvalue weighted by Crippen LogP contribution is 2.30. The van der Waals surface area contributed by atoms with Crippen molar-refractivity contribution < 1.29 is 57.6 Å². The number of nitrogens with one attached hydrogen (secondary N) is 3. The van der Waals surface area contributed by atoms with Gasteiger partial charge in [-0.05, 0) is 44.2 Å². The van der Waals surface area contributed by atoms with Gasteiger partial charge in [-0.1, -0.05) is 0 Å². The second-order valence-electron chi connectivity index (χ2n) is 8.75. The summed E-state index contributed by atoms with van der Waals surface area (Å²) in [4.78, 5) is 69.9. The molecule has 0 bridgehead atoms. The van der Waals surface area contributed by atoms with E-state index in [0.717, 1.165) is 6.07 Å². The van der Waals surface area contributed by atoms with Crippen molar-refractivity contribution in [3.8, 4) is 5.75 Å². The largest absolute Gasteiger partial charge is 0.503 e. The van der Waals surface area contributed by atoms with Gasteiger partial charge in [0.2, 0.25) is 11.7 Å². The van der Waals surface area contributed by atoms with Crippen LogP contribution in [-0.4, -0.2) is 68.9 Å². The molecule has 2 aromatic rings. The first-order valence-electron chi connectivity index (χ1n) is 11.9. The number of amides is 3. The average molecular weight is 571 g/mol. The zero-order valence-corrected chi connectivity index (χ0v) is 21.1. The molecular weight excluding hydrogens is 544 g/mol. The van der Waals surface area contributed by atoms with Gasteiger partial charge in [-0.15, -0.1) is 0 Å². The van der Waals surface area contributed by atoms with E-state index in [9.17, 15) is 47.8 Å². The highest BCUT2D eigenvalue weighted by molar-refractivity contribution is 5.87. The molecule has 0 aliphatic heterocycles. The second kappa shape index (κ2) is 13.9. The first kappa shape index (κ1) is 31.5. The van der Waals surface area contributed by atoms with Crippen molar-refractivity contribution in [3.63, 3.8) is 0 Å². The van der Waals surface area contributed by atoms with Crippen LogP contribution in [0, 0.1) is 18.6 Å². The van der Waals surface area contributed by atoms with Crippen LogP contribution in [0.15, 0.2) is 15.3 Å². The Kier molecular flexibility index (Phi) is 10.9. The van der Waals surface area contributed by atoms with Gasteiger partial charge in [0.25, 0.3) is 0 Å². The van der Waals surface area contributed by atoms with Gasteiger partial charge in [-0.2, -0.15) is 4.39 Å². The van der Waals surface area contributed by atoms with E-state index in [4.69, 9.17) is 14.6 Å². The lowest BCUT2D eigenvalue weighted by Gasteiger charge is -2.18. The summed E-state index contributed by atoms with van der Waals surface area (Å²) >= 11 is 0. The van der Waals surface area contributed by atoms with Crippen LogP contribution in [-0.2, 0) is 25.6 Å². The van der Waals surface area contributed by atoms with Gasteiger partial charge in [0.15, 0.2) is 17.1 Å². The quantitative estimate of drug-likeness (QED) is 0.125. The van der Waals surface area contributed by atoms with Gasteiger partial charge in [-0.3, -0.25) is 9.59 Å². The van der Waals surface area contributed by atoms with E-state index in [-0.39, 0.29) is 42.3 Å². The number of benzene rings is 1. The number of phenols is 1. The Bertz CT molecular complexity index is 1380. The first-order valence-corrected chi connectivity index (χ1v) is 11.9. The minimum Gasteiger partial charge on any atom is -0.503 e. The Hall–Kier alpha value is -4.76. The number of urea groups is 1. The van der Waals surface area contributed by atoms with Crippen LogP contribution in [0.1, 0.15) is 43.2 Å². The van der Waals surface area contributed by atoms with Crippen molar-refractivity contribution in [1.29, 1.82) is 0 Å². The van der Waals surface area contributed by atoms with Crippen molar-refractivity contribution in [3.05, 3.63) is 39.2 Å². The van der Waals surface area contributed by atoms with E-state index < -0.39 is 89.8 Å². The summed E-state index contributed by atoms with van der Waals surface area (Å²) in [5.41, 5.74) is -1.77. The Morgan fingerprint density at radius 2 is 1.57 bits per heavy atom. The molecule has 40 heavy (non-hydrogen) atoms. The summed E-state index contributed by atoms with van der Waals surface area (Å²) in [7, 11) is 0. The Balaban J connectivity index is 1.88. The second-order valence-corrected chi connectivity index (χ2v) is 8.75. The lowest BCUT2D eigenvalue weighted by Crippen LogP contribution is -2.51. The van der Waals surface area contributed by atoms with E-state index in [2.05, 4.69) is 10.6 Å². The fourth-order valence-corrected chi connectivity index (χ4v) is 3.71. The number of carboxylic acids is 3. The molecule has 0 fully saturated rings. The van der Waals surface area contributed by atoms with Gasteiger partial charge in [0.05, 0.1) is 12.0 Å². The Morgan fingerprint density at radius 1 is 0.975 bits per heavy atom. The van der Waals surface area contributed by atoms with Crippen molar-refractivity contribution >= 4 is 40.8 Å². The number of aliphatic carboxylic acids is 3. The number of fused-ring (bicyclic) bond motifs is 1. The van der Waals surface area contributed by atoms with E-state index in [1.807, 2.05) is 5.32 Å². The molecule has 0 spiro atoms. The molecule has 0 aliphatic carbocycles. The summed E-state index contributed by atoms with van der Waals surface area (Å²) in [6.45, 7) is 1.40. The topological polar surface area (TPSA) is 233 Å². The molecule has 16 heteroatoms. The number of hydrogen-bond donors (Lipinski definition) is 7. The van der Waals surface area contributed by atoms with Crippen molar-refractivity contribution in [2.45, 2.75) is 57.5 Å². The number of unbranched alkanes of at least 4 members (excludes halogenated alkanes) is 1. The minimum absolute atomic E-state index is 0.0444. The summed E-state index contributed by atoms with van der Waals surface area (Å²) in [5, 5.41) is 42.9. The third-order valence-corrected chi connectivity index (χ3v) is 5.88. The number of aromatic hydroxyl groups is 1. The summed E-state index contributed by atoms with van der Waals surface area (Å²) in [6.07, 6.45) is -1.08. The Labute approximate surface area is 224 Å². The van der Waals surface area contributed by atoms with E-state index >= 15 is 0 Å². The van der Waals surface area contributed by atoms with Crippen LogP contribution in [0.3, 0.4) is 0 Å². The molecule has 0 aliphatic rings. The number of hydrogen-bond acceptors (Lipinski definition) is 8. The van der Waals surface area contributed by atoms with Crippen LogP contribution in [0.4, 0.5) is 13.6 Å². The maximum Gasteiger partial charge on any atom is 0.340 e. The van der Waals surface area contributed by atoms with E-state index in [1.165, 1.54) is 6.92 Å². The molecule has 1 heterocycles. The van der Waals surface area contributed by atoms with E-state index in [0.29, 0.717) is 0 Å². The third kappa shape index (κ3) is 8.37. The number of phenolic OH excluding ortho intramolecular Hbond substituents is 1. The molecule has 0 radical (unpaired) electrons. The van der Waals surface area contributed by atoms with Crippen LogP contribution in [0.2, 0.25) is 0 Å². The highest BCUT2D eigenvalue weighted by Gasteiger charge is 2.25. The fourth-order valence-electron chi connectivity index (χ4n) is 3.71. The molecule has 0 saturated carbocycles. The summed E-state index contributed by atoms with van der Waals surface area (Å²) < 4.78 is 32.7. The van der Waals surface area contributed by atoms with Crippen molar-refractivity contribution in [1.82, 2.24) is 16.0 Å². The standard InChI is InChI=1S/C24H27F2N3O11/c1-10-11-8-13(25)19(33)18(26)20(11)40-23(38)12(10)9-16(30)27-7-3-2-4-14(21(34)35)28-24(39)29-15(22(36)37)5-6-17(31)32/h8,14-15,33H,2-7,9H2,1H3,(H,27,30)(H,31,32)(H,34,35)(H,36,37)(H2,28,29,39). The number of halogens is 2. The van der Waals surface area contributed by atoms with Gasteiger partial charge >= 0.3 is 29.6 Å². The zero-order valence-electron chi connectivity index (χ0n) is 21.1.